The summed E-state index contributed by atoms with van der Waals surface area (Å²) in [6.07, 6.45) is 0. The molecule has 0 saturated heterocycles. The Morgan fingerprint density at radius 2 is 1.00 bits per heavy atom. The average Bonchev–Trinajstić information content (AvgIpc) is 3.69. The first-order chi connectivity index (χ1) is 23.8. The van der Waals surface area contributed by atoms with E-state index in [0.717, 1.165) is 77.7 Å². The lowest BCUT2D eigenvalue weighted by molar-refractivity contribution is 0.658. The molecule has 0 spiro atoms. The summed E-state index contributed by atoms with van der Waals surface area (Å²) in [4.78, 5) is 10.4. The summed E-state index contributed by atoms with van der Waals surface area (Å²) in [6.45, 7) is 0. The van der Waals surface area contributed by atoms with Crippen molar-refractivity contribution in [1.82, 2.24) is 14.4 Å². The Balaban J connectivity index is 1.17. The molecule has 4 heteroatoms. The van der Waals surface area contributed by atoms with Gasteiger partial charge in [0, 0.05) is 22.1 Å². The van der Waals surface area contributed by atoms with Crippen molar-refractivity contribution in [3.05, 3.63) is 164 Å². The van der Waals surface area contributed by atoms with E-state index in [2.05, 4.69) is 156 Å². The highest BCUT2D eigenvalue weighted by Gasteiger charge is 2.20. The zero-order valence-corrected chi connectivity index (χ0v) is 25.8. The molecule has 0 fully saturated rings. The molecule has 0 N–H and O–H groups in total. The molecule has 4 nitrogen and oxygen atoms in total. The first kappa shape index (κ1) is 26.7. The number of oxazole rings is 1. The molecule has 7 aromatic carbocycles. The van der Waals surface area contributed by atoms with Gasteiger partial charge >= 0.3 is 0 Å². The third-order valence-electron chi connectivity index (χ3n) is 9.44. The molecule has 3 aromatic heterocycles. The smallest absolute Gasteiger partial charge is 0.213 e. The van der Waals surface area contributed by atoms with E-state index in [-0.39, 0.29) is 0 Å². The quantitative estimate of drug-likeness (QED) is 0.198. The number of rotatable bonds is 4. The van der Waals surface area contributed by atoms with E-state index < -0.39 is 0 Å². The fraction of sp³-hybridized carbons (Fsp3) is 0. The van der Waals surface area contributed by atoms with Crippen LogP contribution in [-0.4, -0.2) is 14.4 Å². The maximum Gasteiger partial charge on any atom is 0.213 e. The van der Waals surface area contributed by atoms with Crippen molar-refractivity contribution in [3.8, 4) is 45.0 Å². The number of para-hydroxylation sites is 3. The summed E-state index contributed by atoms with van der Waals surface area (Å²) in [6, 6.07) is 57.2. The van der Waals surface area contributed by atoms with Crippen molar-refractivity contribution in [2.24, 2.45) is 0 Å². The standard InChI is InChI=1S/C44H27N3O/c1-3-15-32-28(11-1)13-9-18-34(32)38-27-37(45-43(46-38)35-19-10-14-29-12-2-4-16-33(29)35)30-23-25-31(26-24-30)42-36-17-5-6-20-39(36)47-40-21-7-8-22-41(40)48-44(42)47/h1-27H. The SMILES string of the molecule is c1ccc2c(-c3cc(-c4ccc(-c5c6ccccc6n6c5oc5ccccc56)cc4)nc(-c4cccc5ccccc45)n3)cccc2c1. The molecule has 10 aromatic rings. The van der Waals surface area contributed by atoms with Crippen LogP contribution in [0.25, 0.3) is 94.3 Å². The van der Waals surface area contributed by atoms with Gasteiger partial charge in [0.1, 0.15) is 0 Å². The summed E-state index contributed by atoms with van der Waals surface area (Å²) in [7, 11) is 0. The molecule has 48 heavy (non-hydrogen) atoms. The summed E-state index contributed by atoms with van der Waals surface area (Å²) in [5, 5.41) is 5.80. The minimum Gasteiger partial charge on any atom is -0.438 e. The number of hydrogen-bond acceptors (Lipinski definition) is 3. The molecular weight excluding hydrogens is 587 g/mol. The van der Waals surface area contributed by atoms with Gasteiger partial charge in [0.25, 0.3) is 0 Å². The Labute approximate surface area is 276 Å². The molecule has 0 saturated carbocycles. The Bertz CT molecular complexity index is 2730. The molecule has 224 valence electrons. The molecule has 3 heterocycles. The molecule has 0 unspecified atom stereocenters. The summed E-state index contributed by atoms with van der Waals surface area (Å²) >= 11 is 0. The lowest BCUT2D eigenvalue weighted by atomic mass is 9.98. The first-order valence-corrected chi connectivity index (χ1v) is 16.2. The zero-order chi connectivity index (χ0) is 31.6. The van der Waals surface area contributed by atoms with Crippen LogP contribution in [0.3, 0.4) is 0 Å². The van der Waals surface area contributed by atoms with Crippen LogP contribution >= 0.6 is 0 Å². The monoisotopic (exact) mass is 613 g/mol. The molecule has 10 rings (SSSR count). The second-order valence-corrected chi connectivity index (χ2v) is 12.2. The number of aromatic nitrogens is 3. The summed E-state index contributed by atoms with van der Waals surface area (Å²) in [5.74, 6) is 0.707. The Morgan fingerprint density at radius 3 is 1.77 bits per heavy atom. The van der Waals surface area contributed by atoms with Gasteiger partial charge < -0.3 is 4.42 Å². The minimum atomic E-state index is 0.707. The maximum absolute atomic E-state index is 6.48. The summed E-state index contributed by atoms with van der Waals surface area (Å²) in [5.41, 5.74) is 11.0. The van der Waals surface area contributed by atoms with Gasteiger partial charge in [-0.3, -0.25) is 4.40 Å². The van der Waals surface area contributed by atoms with E-state index in [1.54, 1.807) is 0 Å². The highest BCUT2D eigenvalue weighted by atomic mass is 16.3. The van der Waals surface area contributed by atoms with Gasteiger partial charge in [-0.25, -0.2) is 9.97 Å². The fourth-order valence-electron chi connectivity index (χ4n) is 7.19. The third kappa shape index (κ3) is 4.10. The van der Waals surface area contributed by atoms with E-state index in [9.17, 15) is 0 Å². The number of fused-ring (bicyclic) bond motifs is 7. The van der Waals surface area contributed by atoms with E-state index >= 15 is 0 Å². The van der Waals surface area contributed by atoms with E-state index in [0.29, 0.717) is 5.82 Å². The third-order valence-corrected chi connectivity index (χ3v) is 9.44. The molecule has 0 radical (unpaired) electrons. The van der Waals surface area contributed by atoms with Crippen molar-refractivity contribution >= 4 is 49.3 Å². The van der Waals surface area contributed by atoms with Crippen LogP contribution < -0.4 is 0 Å². The molecule has 0 atom stereocenters. The van der Waals surface area contributed by atoms with E-state index in [4.69, 9.17) is 14.4 Å². The van der Waals surface area contributed by atoms with Crippen molar-refractivity contribution in [3.63, 3.8) is 0 Å². The van der Waals surface area contributed by atoms with Crippen LogP contribution in [0.2, 0.25) is 0 Å². The van der Waals surface area contributed by atoms with Gasteiger partial charge in [-0.15, -0.1) is 0 Å². The minimum absolute atomic E-state index is 0.707. The maximum atomic E-state index is 6.48. The van der Waals surface area contributed by atoms with Gasteiger partial charge in [-0.2, -0.15) is 0 Å². The molecule has 0 aliphatic carbocycles. The van der Waals surface area contributed by atoms with Gasteiger partial charge in [-0.1, -0.05) is 140 Å². The normalized spacial score (nSPS) is 11.8. The van der Waals surface area contributed by atoms with Crippen molar-refractivity contribution in [2.75, 3.05) is 0 Å². The Kier molecular flexibility index (Phi) is 5.84. The highest BCUT2D eigenvalue weighted by molar-refractivity contribution is 6.07. The predicted molar refractivity (Wildman–Crippen MR) is 197 cm³/mol. The number of nitrogens with zero attached hydrogens (tertiary/aromatic N) is 3. The first-order valence-electron chi connectivity index (χ1n) is 16.2. The largest absolute Gasteiger partial charge is 0.438 e. The van der Waals surface area contributed by atoms with Gasteiger partial charge in [0.05, 0.1) is 28.0 Å². The van der Waals surface area contributed by atoms with Crippen LogP contribution in [-0.2, 0) is 0 Å². The molecule has 0 bridgehead atoms. The second kappa shape index (κ2) is 10.5. The van der Waals surface area contributed by atoms with E-state index in [1.807, 2.05) is 12.1 Å². The Morgan fingerprint density at radius 1 is 0.438 bits per heavy atom. The van der Waals surface area contributed by atoms with Crippen LogP contribution in [0.1, 0.15) is 0 Å². The van der Waals surface area contributed by atoms with Crippen molar-refractivity contribution < 1.29 is 4.42 Å². The van der Waals surface area contributed by atoms with Gasteiger partial charge in [-0.05, 0) is 51.4 Å². The predicted octanol–water partition coefficient (Wildman–Crippen LogP) is 11.6. The second-order valence-electron chi connectivity index (χ2n) is 12.2. The van der Waals surface area contributed by atoms with Crippen molar-refractivity contribution in [1.29, 1.82) is 0 Å². The molecular formula is C44H27N3O. The topological polar surface area (TPSA) is 43.3 Å². The van der Waals surface area contributed by atoms with Crippen LogP contribution in [0.15, 0.2) is 168 Å². The van der Waals surface area contributed by atoms with Crippen LogP contribution in [0, 0.1) is 0 Å². The van der Waals surface area contributed by atoms with Crippen LogP contribution in [0.5, 0.6) is 0 Å². The zero-order valence-electron chi connectivity index (χ0n) is 25.8. The molecule has 0 amide bonds. The Hall–Kier alpha value is -6.52. The fourth-order valence-corrected chi connectivity index (χ4v) is 7.19. The van der Waals surface area contributed by atoms with Gasteiger partial charge in [0.2, 0.25) is 5.71 Å². The summed E-state index contributed by atoms with van der Waals surface area (Å²) < 4.78 is 8.71. The molecule has 0 aliphatic heterocycles. The van der Waals surface area contributed by atoms with Gasteiger partial charge in [0.15, 0.2) is 11.4 Å². The lowest BCUT2D eigenvalue weighted by Gasteiger charge is -2.13. The molecule has 0 aliphatic rings. The highest BCUT2D eigenvalue weighted by Crippen LogP contribution is 2.40. The lowest BCUT2D eigenvalue weighted by Crippen LogP contribution is -1.97. The number of hydrogen-bond donors (Lipinski definition) is 0. The van der Waals surface area contributed by atoms with Crippen LogP contribution in [0.4, 0.5) is 0 Å². The average molecular weight is 614 g/mol. The van der Waals surface area contributed by atoms with Crippen molar-refractivity contribution in [2.45, 2.75) is 0 Å². The number of benzene rings is 7. The van der Waals surface area contributed by atoms with E-state index in [1.165, 1.54) is 10.8 Å².